The van der Waals surface area contributed by atoms with Crippen molar-refractivity contribution < 1.29 is 26.4 Å². The quantitative estimate of drug-likeness (QED) is 0.407. The zero-order valence-corrected chi connectivity index (χ0v) is 20.9. The summed E-state index contributed by atoms with van der Waals surface area (Å²) in [6.45, 7) is 1.60. The Morgan fingerprint density at radius 2 is 1.78 bits per heavy atom. The van der Waals surface area contributed by atoms with Crippen LogP contribution in [-0.4, -0.2) is 36.3 Å². The first-order valence-corrected chi connectivity index (χ1v) is 13.1. The van der Waals surface area contributed by atoms with Crippen LogP contribution in [0.1, 0.15) is 11.1 Å². The Kier molecular flexibility index (Phi) is 6.30. The molecule has 12 heteroatoms. The molecule has 37 heavy (non-hydrogen) atoms. The predicted octanol–water partition coefficient (Wildman–Crippen LogP) is 4.29. The molecule has 0 bridgehead atoms. The van der Waals surface area contributed by atoms with Crippen LogP contribution in [0.4, 0.5) is 14.5 Å². The molecule has 0 unspecified atom stereocenters. The highest BCUT2D eigenvalue weighted by Gasteiger charge is 2.37. The number of amides is 1. The molecular formula is C25H19ClF2N4O4S. The predicted molar refractivity (Wildman–Crippen MR) is 132 cm³/mol. The van der Waals surface area contributed by atoms with Gasteiger partial charge in [0.25, 0.3) is 11.8 Å². The standard InChI is InChI=1S/C25H19ClF2N4O4S/c1-13-3-2-4-17(27)22(13)24-31-30-23(36-24)16-9-20-21(10-18(16)28)37(34,35)12-19(29)25(33)32(20)11-14-5-7-15(26)8-6-14/h2-10,19H,11-12,29H2,1H3/t19-/m0/s1. The van der Waals surface area contributed by atoms with E-state index in [-0.39, 0.29) is 35.1 Å². The van der Waals surface area contributed by atoms with E-state index in [0.717, 1.165) is 12.1 Å². The van der Waals surface area contributed by atoms with Crippen LogP contribution in [0, 0.1) is 18.6 Å². The molecule has 5 rings (SSSR count). The van der Waals surface area contributed by atoms with Crippen LogP contribution in [-0.2, 0) is 21.2 Å². The van der Waals surface area contributed by atoms with Crippen molar-refractivity contribution in [1.82, 2.24) is 10.2 Å². The van der Waals surface area contributed by atoms with Crippen molar-refractivity contribution in [1.29, 1.82) is 0 Å². The van der Waals surface area contributed by atoms with Gasteiger partial charge in [0.15, 0.2) is 9.84 Å². The number of nitrogens with zero attached hydrogens (tertiary/aromatic N) is 3. The van der Waals surface area contributed by atoms with E-state index in [0.29, 0.717) is 16.1 Å². The van der Waals surface area contributed by atoms with Crippen molar-refractivity contribution >= 4 is 33.0 Å². The van der Waals surface area contributed by atoms with Crippen LogP contribution < -0.4 is 10.6 Å². The summed E-state index contributed by atoms with van der Waals surface area (Å²) < 4.78 is 61.3. The Hall–Kier alpha value is -3.67. The van der Waals surface area contributed by atoms with Gasteiger partial charge in [0.1, 0.15) is 11.6 Å². The molecule has 1 aliphatic heterocycles. The van der Waals surface area contributed by atoms with E-state index in [2.05, 4.69) is 10.2 Å². The molecule has 2 heterocycles. The van der Waals surface area contributed by atoms with Crippen LogP contribution in [0.15, 0.2) is 63.9 Å². The number of carbonyl (C=O) groups excluding carboxylic acids is 1. The third-order valence-electron chi connectivity index (χ3n) is 6.00. The van der Waals surface area contributed by atoms with Crippen LogP contribution in [0.2, 0.25) is 5.02 Å². The van der Waals surface area contributed by atoms with Gasteiger partial charge in [-0.2, -0.15) is 0 Å². The second-order valence-corrected chi connectivity index (χ2v) is 11.0. The maximum Gasteiger partial charge on any atom is 0.251 e. The van der Waals surface area contributed by atoms with Crippen molar-refractivity contribution in [3.05, 3.63) is 82.4 Å². The number of halogens is 3. The molecule has 0 radical (unpaired) electrons. The summed E-state index contributed by atoms with van der Waals surface area (Å²) >= 11 is 5.95. The summed E-state index contributed by atoms with van der Waals surface area (Å²) in [5, 5.41) is 8.18. The zero-order chi connectivity index (χ0) is 26.5. The van der Waals surface area contributed by atoms with Gasteiger partial charge in [-0.05, 0) is 48.4 Å². The molecule has 1 amide bonds. The van der Waals surface area contributed by atoms with E-state index in [1.54, 1.807) is 37.3 Å². The molecule has 0 spiro atoms. The number of rotatable bonds is 4. The van der Waals surface area contributed by atoms with E-state index >= 15 is 4.39 Å². The molecule has 0 fully saturated rings. The van der Waals surface area contributed by atoms with Gasteiger partial charge in [-0.25, -0.2) is 17.2 Å². The molecule has 190 valence electrons. The second kappa shape index (κ2) is 9.33. The maximum atomic E-state index is 15.3. The molecular weight excluding hydrogens is 526 g/mol. The number of benzene rings is 3. The Morgan fingerprint density at radius 1 is 1.08 bits per heavy atom. The van der Waals surface area contributed by atoms with Gasteiger partial charge in [-0.3, -0.25) is 4.79 Å². The number of anilines is 1. The number of aromatic nitrogens is 2. The Labute approximate surface area is 215 Å². The minimum atomic E-state index is -4.13. The van der Waals surface area contributed by atoms with Crippen molar-refractivity contribution in [2.24, 2.45) is 5.73 Å². The fourth-order valence-corrected chi connectivity index (χ4v) is 5.85. The third-order valence-corrected chi connectivity index (χ3v) is 8.05. The molecule has 0 saturated heterocycles. The van der Waals surface area contributed by atoms with Crippen LogP contribution in [0.3, 0.4) is 0 Å². The highest BCUT2D eigenvalue weighted by atomic mass is 35.5. The zero-order valence-electron chi connectivity index (χ0n) is 19.3. The molecule has 8 nitrogen and oxygen atoms in total. The van der Waals surface area contributed by atoms with Gasteiger partial charge in [0.05, 0.1) is 40.0 Å². The molecule has 1 aromatic heterocycles. The van der Waals surface area contributed by atoms with Gasteiger partial charge in [0.2, 0.25) is 5.91 Å². The third kappa shape index (κ3) is 4.61. The van der Waals surface area contributed by atoms with Crippen molar-refractivity contribution in [3.63, 3.8) is 0 Å². The number of hydrogen-bond acceptors (Lipinski definition) is 7. The monoisotopic (exact) mass is 544 g/mol. The lowest BCUT2D eigenvalue weighted by atomic mass is 10.1. The summed E-state index contributed by atoms with van der Waals surface area (Å²) in [5.74, 6) is -3.42. The molecule has 1 aliphatic rings. The van der Waals surface area contributed by atoms with Gasteiger partial charge in [-0.1, -0.05) is 35.9 Å². The summed E-state index contributed by atoms with van der Waals surface area (Å²) in [7, 11) is -4.13. The summed E-state index contributed by atoms with van der Waals surface area (Å²) in [4.78, 5) is 14.0. The number of sulfone groups is 1. The smallest absolute Gasteiger partial charge is 0.251 e. The molecule has 0 saturated carbocycles. The normalized spacial score (nSPS) is 16.9. The lowest BCUT2D eigenvalue weighted by Gasteiger charge is -2.24. The van der Waals surface area contributed by atoms with E-state index in [1.165, 1.54) is 17.0 Å². The number of carbonyl (C=O) groups is 1. The number of fused-ring (bicyclic) bond motifs is 1. The highest BCUT2D eigenvalue weighted by molar-refractivity contribution is 7.91. The lowest BCUT2D eigenvalue weighted by Crippen LogP contribution is -2.45. The highest BCUT2D eigenvalue weighted by Crippen LogP contribution is 2.38. The largest absolute Gasteiger partial charge is 0.416 e. The van der Waals surface area contributed by atoms with E-state index < -0.39 is 44.1 Å². The Bertz CT molecular complexity index is 1620. The molecule has 4 aromatic rings. The van der Waals surface area contributed by atoms with Gasteiger partial charge < -0.3 is 15.1 Å². The van der Waals surface area contributed by atoms with Crippen LogP contribution in [0.25, 0.3) is 22.9 Å². The first-order chi connectivity index (χ1) is 17.5. The lowest BCUT2D eigenvalue weighted by molar-refractivity contribution is -0.119. The average Bonchev–Trinajstić information content (AvgIpc) is 3.30. The van der Waals surface area contributed by atoms with E-state index in [9.17, 15) is 17.6 Å². The SMILES string of the molecule is Cc1cccc(F)c1-c1nnc(-c2cc3c(cc2F)S(=O)(=O)C[C@H](N)C(=O)N3Cc2ccc(Cl)cc2)o1. The molecule has 1 atom stereocenters. The molecule has 2 N–H and O–H groups in total. The first-order valence-electron chi connectivity index (χ1n) is 11.0. The second-order valence-electron chi connectivity index (χ2n) is 8.58. The molecule has 3 aromatic carbocycles. The number of hydrogen-bond donors (Lipinski definition) is 1. The minimum absolute atomic E-state index is 0.0548. The molecule has 0 aliphatic carbocycles. The van der Waals surface area contributed by atoms with Gasteiger partial charge >= 0.3 is 0 Å². The number of aryl methyl sites for hydroxylation is 1. The fourth-order valence-electron chi connectivity index (χ4n) is 4.16. The summed E-state index contributed by atoms with van der Waals surface area (Å²) in [6, 6.07) is 11.6. The summed E-state index contributed by atoms with van der Waals surface area (Å²) in [6.07, 6.45) is 0. The topological polar surface area (TPSA) is 119 Å². The fraction of sp³-hybridized carbons (Fsp3) is 0.160. The first kappa shape index (κ1) is 25.0. The maximum absolute atomic E-state index is 15.3. The van der Waals surface area contributed by atoms with Crippen LogP contribution >= 0.6 is 11.6 Å². The minimum Gasteiger partial charge on any atom is -0.416 e. The Balaban J connectivity index is 1.66. The Morgan fingerprint density at radius 3 is 2.49 bits per heavy atom. The van der Waals surface area contributed by atoms with Crippen molar-refractivity contribution in [2.45, 2.75) is 24.4 Å². The van der Waals surface area contributed by atoms with E-state index in [1.807, 2.05) is 0 Å². The van der Waals surface area contributed by atoms with Gasteiger partial charge in [-0.15, -0.1) is 10.2 Å². The van der Waals surface area contributed by atoms with Gasteiger partial charge in [0, 0.05) is 5.02 Å². The average molecular weight is 545 g/mol. The van der Waals surface area contributed by atoms with Crippen LogP contribution in [0.5, 0.6) is 0 Å². The van der Waals surface area contributed by atoms with Crippen molar-refractivity contribution in [3.8, 4) is 22.9 Å². The van der Waals surface area contributed by atoms with E-state index in [4.69, 9.17) is 21.8 Å². The summed E-state index contributed by atoms with van der Waals surface area (Å²) in [5.41, 5.74) is 6.79. The van der Waals surface area contributed by atoms with Crippen molar-refractivity contribution in [2.75, 3.05) is 10.7 Å². The number of nitrogens with two attached hydrogens (primary N) is 1.